The maximum atomic E-state index is 11.1. The minimum atomic E-state index is -0.989. The van der Waals surface area contributed by atoms with Gasteiger partial charge in [-0.1, -0.05) is 18.2 Å². The molecule has 1 N–H and O–H groups in total. The lowest BCUT2D eigenvalue weighted by atomic mass is 10.1. The number of hydrogen-bond donors (Lipinski definition) is 1. The van der Waals surface area contributed by atoms with E-state index in [9.17, 15) is 4.79 Å². The van der Waals surface area contributed by atoms with Crippen molar-refractivity contribution < 1.29 is 19.4 Å². The second kappa shape index (κ2) is 5.77. The predicted octanol–water partition coefficient (Wildman–Crippen LogP) is 3.53. The van der Waals surface area contributed by atoms with Crippen molar-refractivity contribution in [2.75, 3.05) is 6.61 Å². The molecule has 3 rings (SSSR count). The Morgan fingerprint density at radius 1 is 1.33 bits per heavy atom. The lowest BCUT2D eigenvalue weighted by Crippen LogP contribution is -2.22. The van der Waals surface area contributed by atoms with Gasteiger partial charge in [0.1, 0.15) is 24.2 Å². The van der Waals surface area contributed by atoms with Crippen molar-refractivity contribution in [3.63, 3.8) is 0 Å². The molecule has 2 aromatic rings. The first kappa shape index (κ1) is 13.9. The van der Waals surface area contributed by atoms with Crippen LogP contribution in [0.2, 0.25) is 0 Å². The van der Waals surface area contributed by atoms with Gasteiger partial charge in [0.05, 0.1) is 5.56 Å². The summed E-state index contributed by atoms with van der Waals surface area (Å²) in [4.78, 5) is 11.1. The standard InChI is InChI=1S/C16H13BrO4/c17-14-6-5-11(8-13(14)16(18)19)20-9-12-7-10-3-1-2-4-15(10)21-12/h1-6,8,12H,7,9H2,(H,18,19). The predicted molar refractivity (Wildman–Crippen MR) is 81.2 cm³/mol. The van der Waals surface area contributed by atoms with Crippen LogP contribution in [-0.4, -0.2) is 23.8 Å². The molecule has 4 nitrogen and oxygen atoms in total. The second-order valence-electron chi connectivity index (χ2n) is 4.81. The van der Waals surface area contributed by atoms with E-state index in [4.69, 9.17) is 14.6 Å². The Morgan fingerprint density at radius 2 is 2.14 bits per heavy atom. The Labute approximate surface area is 130 Å². The van der Waals surface area contributed by atoms with Gasteiger partial charge in [0.25, 0.3) is 0 Å². The number of ether oxygens (including phenoxy) is 2. The number of fused-ring (bicyclic) bond motifs is 1. The average molecular weight is 349 g/mol. The third-order valence-electron chi connectivity index (χ3n) is 3.32. The van der Waals surface area contributed by atoms with E-state index >= 15 is 0 Å². The average Bonchev–Trinajstić information content (AvgIpc) is 2.89. The summed E-state index contributed by atoms with van der Waals surface area (Å²) in [5, 5.41) is 9.08. The van der Waals surface area contributed by atoms with Crippen LogP contribution in [0.3, 0.4) is 0 Å². The van der Waals surface area contributed by atoms with Crippen LogP contribution in [0.25, 0.3) is 0 Å². The largest absolute Gasteiger partial charge is 0.490 e. The van der Waals surface area contributed by atoms with Crippen LogP contribution in [0, 0.1) is 0 Å². The molecule has 2 aromatic carbocycles. The first-order chi connectivity index (χ1) is 10.1. The number of carbonyl (C=O) groups is 1. The summed E-state index contributed by atoms with van der Waals surface area (Å²) >= 11 is 3.21. The number of aromatic carboxylic acids is 1. The molecule has 0 fully saturated rings. The molecule has 5 heteroatoms. The van der Waals surface area contributed by atoms with E-state index in [0.29, 0.717) is 16.8 Å². The van der Waals surface area contributed by atoms with E-state index in [-0.39, 0.29) is 11.7 Å². The molecule has 0 bridgehead atoms. The van der Waals surface area contributed by atoms with Crippen LogP contribution < -0.4 is 9.47 Å². The summed E-state index contributed by atoms with van der Waals surface area (Å²) in [6.45, 7) is 0.384. The summed E-state index contributed by atoms with van der Waals surface area (Å²) in [6.07, 6.45) is 0.762. The van der Waals surface area contributed by atoms with Gasteiger partial charge in [-0.15, -0.1) is 0 Å². The summed E-state index contributed by atoms with van der Waals surface area (Å²) in [6, 6.07) is 12.8. The fourth-order valence-electron chi connectivity index (χ4n) is 2.29. The second-order valence-corrected chi connectivity index (χ2v) is 5.66. The number of hydrogen-bond acceptors (Lipinski definition) is 3. The highest BCUT2D eigenvalue weighted by Gasteiger charge is 2.23. The maximum absolute atomic E-state index is 11.1. The van der Waals surface area contributed by atoms with Crippen LogP contribution in [0.5, 0.6) is 11.5 Å². The Hall–Kier alpha value is -2.01. The smallest absolute Gasteiger partial charge is 0.336 e. The van der Waals surface area contributed by atoms with Gasteiger partial charge >= 0.3 is 5.97 Å². The van der Waals surface area contributed by atoms with Crippen LogP contribution in [0.15, 0.2) is 46.9 Å². The lowest BCUT2D eigenvalue weighted by Gasteiger charge is -2.13. The summed E-state index contributed by atoms with van der Waals surface area (Å²) in [5.41, 5.74) is 1.36. The van der Waals surface area contributed by atoms with Gasteiger partial charge in [0.15, 0.2) is 0 Å². The third kappa shape index (κ3) is 3.03. The Balaban J connectivity index is 1.64. The zero-order valence-electron chi connectivity index (χ0n) is 11.1. The highest BCUT2D eigenvalue weighted by atomic mass is 79.9. The van der Waals surface area contributed by atoms with Crippen molar-refractivity contribution in [1.82, 2.24) is 0 Å². The third-order valence-corrected chi connectivity index (χ3v) is 4.01. The van der Waals surface area contributed by atoms with E-state index < -0.39 is 5.97 Å². The van der Waals surface area contributed by atoms with Gasteiger partial charge in [-0.2, -0.15) is 0 Å². The van der Waals surface area contributed by atoms with Gasteiger partial charge in [-0.25, -0.2) is 4.79 Å². The molecule has 0 saturated carbocycles. The minimum Gasteiger partial charge on any atom is -0.490 e. The Kier molecular flexibility index (Phi) is 3.84. The fourth-order valence-corrected chi connectivity index (χ4v) is 2.71. The molecule has 1 atom stereocenters. The van der Waals surface area contributed by atoms with Crippen molar-refractivity contribution in [1.29, 1.82) is 0 Å². The molecule has 0 aliphatic carbocycles. The first-order valence-corrected chi connectivity index (χ1v) is 7.33. The lowest BCUT2D eigenvalue weighted by molar-refractivity contribution is 0.0695. The quantitative estimate of drug-likeness (QED) is 0.918. The number of halogens is 1. The topological polar surface area (TPSA) is 55.8 Å². The van der Waals surface area contributed by atoms with Crippen LogP contribution in [0.4, 0.5) is 0 Å². The molecular weight excluding hydrogens is 336 g/mol. The Morgan fingerprint density at radius 3 is 2.90 bits per heavy atom. The minimum absolute atomic E-state index is 0.0423. The molecular formula is C16H13BrO4. The molecule has 0 aromatic heterocycles. The molecule has 0 spiro atoms. The highest BCUT2D eigenvalue weighted by molar-refractivity contribution is 9.10. The van der Waals surface area contributed by atoms with Gasteiger partial charge < -0.3 is 14.6 Å². The molecule has 108 valence electrons. The molecule has 0 amide bonds. The zero-order valence-corrected chi connectivity index (χ0v) is 12.7. The van der Waals surface area contributed by atoms with E-state index in [1.807, 2.05) is 24.3 Å². The van der Waals surface area contributed by atoms with E-state index in [0.717, 1.165) is 12.2 Å². The van der Waals surface area contributed by atoms with Crippen molar-refractivity contribution >= 4 is 21.9 Å². The van der Waals surface area contributed by atoms with Gasteiger partial charge in [-0.05, 0) is 45.8 Å². The summed E-state index contributed by atoms with van der Waals surface area (Å²) in [7, 11) is 0. The Bertz CT molecular complexity index is 659. The number of carboxylic acid groups (broad SMARTS) is 1. The number of carboxylic acids is 1. The highest BCUT2D eigenvalue weighted by Crippen LogP contribution is 2.29. The normalized spacial score (nSPS) is 16.1. The molecule has 1 heterocycles. The monoisotopic (exact) mass is 348 g/mol. The van der Waals surface area contributed by atoms with Crippen molar-refractivity contribution in [2.24, 2.45) is 0 Å². The van der Waals surface area contributed by atoms with Gasteiger partial charge in [0, 0.05) is 10.9 Å². The van der Waals surface area contributed by atoms with Gasteiger partial charge in [-0.3, -0.25) is 0 Å². The molecule has 21 heavy (non-hydrogen) atoms. The van der Waals surface area contributed by atoms with E-state index in [1.165, 1.54) is 11.6 Å². The molecule has 1 aliphatic rings. The molecule has 0 radical (unpaired) electrons. The first-order valence-electron chi connectivity index (χ1n) is 6.53. The maximum Gasteiger partial charge on any atom is 0.336 e. The van der Waals surface area contributed by atoms with Crippen LogP contribution in [-0.2, 0) is 6.42 Å². The number of benzene rings is 2. The van der Waals surface area contributed by atoms with Crippen molar-refractivity contribution in [3.8, 4) is 11.5 Å². The van der Waals surface area contributed by atoms with Crippen LogP contribution >= 0.6 is 15.9 Å². The SMILES string of the molecule is O=C(O)c1cc(OCC2Cc3ccccc3O2)ccc1Br. The zero-order chi connectivity index (χ0) is 14.8. The van der Waals surface area contributed by atoms with Crippen molar-refractivity contribution in [2.45, 2.75) is 12.5 Å². The summed E-state index contributed by atoms with van der Waals surface area (Å²) < 4.78 is 12.0. The molecule has 0 saturated heterocycles. The fraction of sp³-hybridized carbons (Fsp3) is 0.188. The van der Waals surface area contributed by atoms with Crippen molar-refractivity contribution in [3.05, 3.63) is 58.1 Å². The van der Waals surface area contributed by atoms with Gasteiger partial charge in [0.2, 0.25) is 0 Å². The number of rotatable bonds is 4. The van der Waals surface area contributed by atoms with Crippen LogP contribution in [0.1, 0.15) is 15.9 Å². The summed E-state index contributed by atoms with van der Waals surface area (Å²) in [5.74, 6) is 0.431. The number of para-hydroxylation sites is 1. The molecule has 1 unspecified atom stereocenters. The molecule has 1 aliphatic heterocycles. The van der Waals surface area contributed by atoms with E-state index in [1.54, 1.807) is 12.1 Å². The van der Waals surface area contributed by atoms with E-state index in [2.05, 4.69) is 15.9 Å².